The molecule has 5 rings (SSSR count). The Labute approximate surface area is 228 Å². The predicted molar refractivity (Wildman–Crippen MR) is 144 cm³/mol. The standard InChI is InChI=1S/C27H28F2N6O3S/c1-14-8-17(38-34-14)13-37-22-12-31-21(11-32-22)20(29)10-16-6-7-19(28)18(9-16)26(3)23-15(2)27(23,24(36)35(4)5)39-25(30)33-26/h6-12,15,23H,13H2,1-5H3,(H2,30,33)/b20-10-/t15-,23-,26+,27-/m0/s1. The fraction of sp³-hybridized carbons (Fsp3) is 0.370. The molecule has 1 fully saturated rings. The SMILES string of the molecule is Cc1cc(COc2cnc(/C(F)=C/c3ccc(F)c([C@@]4(C)N=C(N)S[C@]5(C(=O)N(C)C)[C@H]4[C@@H]5C)c3)cn2)on1. The molecule has 39 heavy (non-hydrogen) atoms. The molecule has 12 heteroatoms. The Hall–Kier alpha value is -3.80. The van der Waals surface area contributed by atoms with E-state index in [-0.39, 0.29) is 46.7 Å². The number of hydrogen-bond acceptors (Lipinski definition) is 9. The summed E-state index contributed by atoms with van der Waals surface area (Å²) >= 11 is 1.23. The summed E-state index contributed by atoms with van der Waals surface area (Å²) in [5, 5.41) is 4.00. The minimum Gasteiger partial charge on any atom is -0.468 e. The van der Waals surface area contributed by atoms with Crippen LogP contribution >= 0.6 is 11.8 Å². The molecule has 3 aromatic rings. The smallest absolute Gasteiger partial charge is 0.239 e. The maximum atomic E-state index is 15.3. The lowest BCUT2D eigenvalue weighted by Gasteiger charge is -2.34. The van der Waals surface area contributed by atoms with Crippen molar-refractivity contribution in [1.29, 1.82) is 0 Å². The summed E-state index contributed by atoms with van der Waals surface area (Å²) in [5.74, 6) is -0.914. The lowest BCUT2D eigenvalue weighted by Crippen LogP contribution is -2.44. The van der Waals surface area contributed by atoms with Crippen LogP contribution in [0.2, 0.25) is 0 Å². The summed E-state index contributed by atoms with van der Waals surface area (Å²) in [4.78, 5) is 27.5. The van der Waals surface area contributed by atoms with Crippen LogP contribution in [0.3, 0.4) is 0 Å². The molecule has 204 valence electrons. The average Bonchev–Trinajstić information content (AvgIpc) is 3.28. The van der Waals surface area contributed by atoms with E-state index in [1.165, 1.54) is 47.3 Å². The van der Waals surface area contributed by atoms with Gasteiger partial charge in [0.2, 0.25) is 11.8 Å². The number of amidine groups is 1. The molecule has 1 aromatic carbocycles. The van der Waals surface area contributed by atoms with Gasteiger partial charge in [0.1, 0.15) is 16.3 Å². The molecule has 2 N–H and O–H groups in total. The largest absolute Gasteiger partial charge is 0.468 e. The normalized spacial score (nSPS) is 26.0. The molecule has 1 aliphatic carbocycles. The predicted octanol–water partition coefficient (Wildman–Crippen LogP) is 4.33. The van der Waals surface area contributed by atoms with Gasteiger partial charge in [0, 0.05) is 31.6 Å². The number of aromatic nitrogens is 3. The van der Waals surface area contributed by atoms with Gasteiger partial charge in [-0.2, -0.15) is 0 Å². The van der Waals surface area contributed by atoms with Crippen LogP contribution in [0.15, 0.2) is 46.2 Å². The van der Waals surface area contributed by atoms with Crippen molar-refractivity contribution in [2.75, 3.05) is 14.1 Å². The number of nitrogens with zero attached hydrogens (tertiary/aromatic N) is 5. The van der Waals surface area contributed by atoms with Crippen LogP contribution in [-0.4, -0.2) is 49.9 Å². The number of hydrogen-bond donors (Lipinski definition) is 1. The third-order valence-electron chi connectivity index (χ3n) is 7.23. The van der Waals surface area contributed by atoms with Gasteiger partial charge in [0.15, 0.2) is 23.4 Å². The van der Waals surface area contributed by atoms with Crippen LogP contribution in [0.5, 0.6) is 5.88 Å². The van der Waals surface area contributed by atoms with Crippen molar-refractivity contribution in [3.63, 3.8) is 0 Å². The van der Waals surface area contributed by atoms with Gasteiger partial charge in [-0.15, -0.1) is 0 Å². The minimum atomic E-state index is -1.11. The maximum Gasteiger partial charge on any atom is 0.239 e. The van der Waals surface area contributed by atoms with Crippen LogP contribution in [0.25, 0.3) is 11.9 Å². The fourth-order valence-electron chi connectivity index (χ4n) is 5.42. The Morgan fingerprint density at radius 2 is 2.05 bits per heavy atom. The molecular weight excluding hydrogens is 526 g/mol. The number of carbonyl (C=O) groups is 1. The second kappa shape index (κ2) is 9.74. The van der Waals surface area contributed by atoms with Crippen molar-refractivity contribution >= 4 is 34.7 Å². The summed E-state index contributed by atoms with van der Waals surface area (Å²) in [5.41, 5.74) is 6.43. The number of benzene rings is 1. The number of thioether (sulfide) groups is 1. The third kappa shape index (κ3) is 4.66. The average molecular weight is 555 g/mol. The van der Waals surface area contributed by atoms with E-state index in [9.17, 15) is 4.79 Å². The number of ether oxygens (including phenoxy) is 1. The molecule has 0 spiro atoms. The van der Waals surface area contributed by atoms with E-state index in [0.717, 1.165) is 5.69 Å². The van der Waals surface area contributed by atoms with Gasteiger partial charge in [0.05, 0.1) is 23.6 Å². The molecule has 0 unspecified atom stereocenters. The third-order valence-corrected chi connectivity index (χ3v) is 8.67. The van der Waals surface area contributed by atoms with Crippen molar-refractivity contribution in [3.8, 4) is 5.88 Å². The van der Waals surface area contributed by atoms with E-state index >= 15 is 8.78 Å². The van der Waals surface area contributed by atoms with E-state index < -0.39 is 21.9 Å². The van der Waals surface area contributed by atoms with Gasteiger partial charge in [-0.05, 0) is 43.5 Å². The van der Waals surface area contributed by atoms with Crippen molar-refractivity contribution in [1.82, 2.24) is 20.0 Å². The minimum absolute atomic E-state index is 0.0160. The highest BCUT2D eigenvalue weighted by molar-refractivity contribution is 8.15. The van der Waals surface area contributed by atoms with Crippen LogP contribution in [0.1, 0.15) is 42.1 Å². The van der Waals surface area contributed by atoms with Gasteiger partial charge < -0.3 is 19.9 Å². The van der Waals surface area contributed by atoms with E-state index in [1.807, 2.05) is 6.92 Å². The quantitative estimate of drug-likeness (QED) is 0.458. The Bertz CT molecular complexity index is 1490. The second-order valence-corrected chi connectivity index (χ2v) is 11.5. The number of amides is 1. The number of aryl methyl sites for hydroxylation is 1. The molecule has 4 atom stereocenters. The summed E-state index contributed by atoms with van der Waals surface area (Å²) in [6.07, 6.45) is 3.79. The van der Waals surface area contributed by atoms with Crippen LogP contribution in [0, 0.1) is 24.6 Å². The van der Waals surface area contributed by atoms with Gasteiger partial charge in [-0.3, -0.25) is 9.79 Å². The second-order valence-electron chi connectivity index (χ2n) is 10.2. The molecule has 1 amide bonds. The van der Waals surface area contributed by atoms with E-state index in [1.54, 1.807) is 40.1 Å². The molecule has 0 saturated heterocycles. The topological polar surface area (TPSA) is 120 Å². The van der Waals surface area contributed by atoms with E-state index in [2.05, 4.69) is 20.1 Å². The van der Waals surface area contributed by atoms with Crippen LogP contribution in [-0.2, 0) is 16.9 Å². The van der Waals surface area contributed by atoms with Gasteiger partial charge in [-0.25, -0.2) is 18.7 Å². The number of rotatable bonds is 7. The highest BCUT2D eigenvalue weighted by Crippen LogP contribution is 2.70. The molecule has 9 nitrogen and oxygen atoms in total. The van der Waals surface area contributed by atoms with E-state index in [4.69, 9.17) is 15.0 Å². The molecule has 2 aliphatic rings. The van der Waals surface area contributed by atoms with Crippen LogP contribution in [0.4, 0.5) is 8.78 Å². The van der Waals surface area contributed by atoms with Crippen LogP contribution < -0.4 is 10.5 Å². The van der Waals surface area contributed by atoms with Gasteiger partial charge >= 0.3 is 0 Å². The van der Waals surface area contributed by atoms with Crippen molar-refractivity contribution in [2.45, 2.75) is 37.7 Å². The van der Waals surface area contributed by atoms with Crippen molar-refractivity contribution in [2.24, 2.45) is 22.6 Å². The number of halogens is 2. The first-order valence-electron chi connectivity index (χ1n) is 12.3. The summed E-state index contributed by atoms with van der Waals surface area (Å²) in [6.45, 7) is 5.63. The monoisotopic (exact) mass is 554 g/mol. The Balaban J connectivity index is 1.39. The zero-order chi connectivity index (χ0) is 28.1. The molecular formula is C27H28F2N6O3S. The Morgan fingerprint density at radius 3 is 2.69 bits per heavy atom. The Kier molecular flexibility index (Phi) is 6.69. The lowest BCUT2D eigenvalue weighted by molar-refractivity contribution is -0.129. The van der Waals surface area contributed by atoms with E-state index in [0.29, 0.717) is 11.3 Å². The first-order valence-corrected chi connectivity index (χ1v) is 13.1. The first-order chi connectivity index (χ1) is 18.5. The Morgan fingerprint density at radius 1 is 1.28 bits per heavy atom. The maximum absolute atomic E-state index is 15.3. The van der Waals surface area contributed by atoms with Crippen molar-refractivity contribution in [3.05, 3.63) is 70.8 Å². The summed E-state index contributed by atoms with van der Waals surface area (Å²) < 4.78 is 40.2. The fourth-order valence-corrected chi connectivity index (χ4v) is 7.08. The van der Waals surface area contributed by atoms with Crippen molar-refractivity contribution < 1.29 is 22.8 Å². The molecule has 2 aromatic heterocycles. The number of fused-ring (bicyclic) bond motifs is 1. The molecule has 1 saturated carbocycles. The molecule has 0 radical (unpaired) electrons. The molecule has 3 heterocycles. The highest BCUT2D eigenvalue weighted by atomic mass is 32.2. The zero-order valence-corrected chi connectivity index (χ0v) is 22.9. The zero-order valence-electron chi connectivity index (χ0n) is 22.1. The summed E-state index contributed by atoms with van der Waals surface area (Å²) in [7, 11) is 3.37. The number of nitrogens with two attached hydrogens (primary N) is 1. The number of aliphatic imine (C=N–C) groups is 1. The van der Waals surface area contributed by atoms with Gasteiger partial charge in [-0.1, -0.05) is 29.9 Å². The molecule has 0 bridgehead atoms. The summed E-state index contributed by atoms with van der Waals surface area (Å²) in [6, 6.07) is 6.01. The number of carbonyl (C=O) groups excluding carboxylic acids is 1. The molecule has 1 aliphatic heterocycles. The first kappa shape index (κ1) is 26.8. The highest BCUT2D eigenvalue weighted by Gasteiger charge is 2.76. The lowest BCUT2D eigenvalue weighted by atomic mass is 9.84. The van der Waals surface area contributed by atoms with Gasteiger partial charge in [0.25, 0.3) is 0 Å².